The lowest BCUT2D eigenvalue weighted by Gasteiger charge is -2.22. The molecule has 2 aromatic carbocycles. The highest BCUT2D eigenvalue weighted by molar-refractivity contribution is 5.95. The highest BCUT2D eigenvalue weighted by Gasteiger charge is 2.31. The number of nitrogens with zero attached hydrogens (tertiary/aromatic N) is 3. The zero-order valence-corrected chi connectivity index (χ0v) is 16.7. The predicted octanol–water partition coefficient (Wildman–Crippen LogP) is 4.39. The van der Waals surface area contributed by atoms with E-state index in [9.17, 15) is 4.79 Å². The topological polar surface area (TPSA) is 84.4 Å². The third kappa shape index (κ3) is 3.71. The molecule has 1 amide bonds. The minimum Gasteiger partial charge on any atom is -0.436 e. The molecule has 0 bridgehead atoms. The van der Waals surface area contributed by atoms with Crippen LogP contribution in [0.25, 0.3) is 22.6 Å². The van der Waals surface area contributed by atoms with Crippen molar-refractivity contribution in [1.29, 1.82) is 0 Å². The molecule has 4 aromatic rings. The Morgan fingerprint density at radius 3 is 2.80 bits per heavy atom. The van der Waals surface area contributed by atoms with Crippen LogP contribution in [0, 0.1) is 6.92 Å². The van der Waals surface area contributed by atoms with Crippen molar-refractivity contribution in [2.45, 2.75) is 32.4 Å². The molecule has 1 fully saturated rings. The smallest absolute Gasteiger partial charge is 0.241 e. The van der Waals surface area contributed by atoms with Gasteiger partial charge in [0.15, 0.2) is 11.3 Å². The molecule has 1 saturated heterocycles. The summed E-state index contributed by atoms with van der Waals surface area (Å²) in [5.74, 6) is 1.35. The standard InChI is InChI=1S/C23H22N4O3/c1-15-13-18(30-26-15)14-27-12-4-6-20(27)22(28)24-17-10-8-16(9-11-17)23-25-19-5-2-3-7-21(19)29-23/h2-3,5,7-11,13,20H,4,6,12,14H2,1H3,(H,24,28)/t20-/m0/s1. The zero-order chi connectivity index (χ0) is 20.5. The van der Waals surface area contributed by atoms with Gasteiger partial charge in [-0.05, 0) is 62.7 Å². The summed E-state index contributed by atoms with van der Waals surface area (Å²) >= 11 is 0. The molecule has 7 heteroatoms. The van der Waals surface area contributed by atoms with Crippen molar-refractivity contribution in [3.63, 3.8) is 0 Å². The fourth-order valence-electron chi connectivity index (χ4n) is 3.92. The molecule has 0 aliphatic carbocycles. The molecule has 152 valence electrons. The second-order valence-electron chi connectivity index (χ2n) is 7.62. The van der Waals surface area contributed by atoms with Crippen LogP contribution in [-0.2, 0) is 11.3 Å². The van der Waals surface area contributed by atoms with Crippen LogP contribution in [0.15, 0.2) is 63.5 Å². The minimum atomic E-state index is -0.174. The first-order valence-electron chi connectivity index (χ1n) is 10.1. The molecular formula is C23H22N4O3. The van der Waals surface area contributed by atoms with Crippen LogP contribution in [0.5, 0.6) is 0 Å². The third-order valence-corrected chi connectivity index (χ3v) is 5.40. The zero-order valence-electron chi connectivity index (χ0n) is 16.7. The lowest BCUT2D eigenvalue weighted by molar-refractivity contribution is -0.120. The Bertz CT molecular complexity index is 1150. The maximum absolute atomic E-state index is 12.9. The predicted molar refractivity (Wildman–Crippen MR) is 113 cm³/mol. The normalized spacial score (nSPS) is 16.9. The summed E-state index contributed by atoms with van der Waals surface area (Å²) in [6.45, 7) is 3.36. The number of benzene rings is 2. The van der Waals surface area contributed by atoms with Gasteiger partial charge in [0.25, 0.3) is 0 Å². The summed E-state index contributed by atoms with van der Waals surface area (Å²) in [6.07, 6.45) is 1.82. The number of amides is 1. The van der Waals surface area contributed by atoms with E-state index in [0.717, 1.165) is 53.2 Å². The van der Waals surface area contributed by atoms with Crippen LogP contribution in [0.2, 0.25) is 0 Å². The quantitative estimate of drug-likeness (QED) is 0.533. The van der Waals surface area contributed by atoms with E-state index >= 15 is 0 Å². The second-order valence-corrected chi connectivity index (χ2v) is 7.62. The largest absolute Gasteiger partial charge is 0.436 e. The van der Waals surface area contributed by atoms with Crippen molar-refractivity contribution >= 4 is 22.7 Å². The molecule has 1 atom stereocenters. The van der Waals surface area contributed by atoms with Crippen molar-refractivity contribution in [2.24, 2.45) is 0 Å². The minimum absolute atomic E-state index is 0.00153. The van der Waals surface area contributed by atoms with Crippen LogP contribution in [0.4, 0.5) is 5.69 Å². The maximum Gasteiger partial charge on any atom is 0.241 e. The van der Waals surface area contributed by atoms with E-state index in [4.69, 9.17) is 8.94 Å². The van der Waals surface area contributed by atoms with Gasteiger partial charge in [-0.1, -0.05) is 17.3 Å². The first-order valence-corrected chi connectivity index (χ1v) is 10.1. The lowest BCUT2D eigenvalue weighted by atomic mass is 10.1. The Balaban J connectivity index is 1.26. The average molecular weight is 402 g/mol. The van der Waals surface area contributed by atoms with Gasteiger partial charge >= 0.3 is 0 Å². The van der Waals surface area contributed by atoms with Gasteiger partial charge < -0.3 is 14.3 Å². The number of para-hydroxylation sites is 2. The molecule has 0 radical (unpaired) electrons. The Labute approximate surface area is 173 Å². The molecule has 1 N–H and O–H groups in total. The molecule has 1 aliphatic rings. The highest BCUT2D eigenvalue weighted by atomic mass is 16.5. The SMILES string of the molecule is Cc1cc(CN2CCC[C@H]2C(=O)Nc2ccc(-c3nc4ccccc4o3)cc2)on1. The van der Waals surface area contributed by atoms with E-state index in [2.05, 4.69) is 20.4 Å². The monoisotopic (exact) mass is 402 g/mol. The third-order valence-electron chi connectivity index (χ3n) is 5.40. The Kier molecular flexibility index (Phi) is 4.80. The number of hydrogen-bond donors (Lipinski definition) is 1. The summed E-state index contributed by atoms with van der Waals surface area (Å²) in [4.78, 5) is 19.5. The summed E-state index contributed by atoms with van der Waals surface area (Å²) in [5.41, 5.74) is 4.06. The Morgan fingerprint density at radius 2 is 2.03 bits per heavy atom. The fraction of sp³-hybridized carbons (Fsp3) is 0.261. The highest BCUT2D eigenvalue weighted by Crippen LogP contribution is 2.26. The van der Waals surface area contributed by atoms with Gasteiger partial charge in [0.1, 0.15) is 5.52 Å². The molecule has 7 nitrogen and oxygen atoms in total. The molecule has 1 aliphatic heterocycles. The summed E-state index contributed by atoms with van der Waals surface area (Å²) in [5, 5.41) is 6.96. The first kappa shape index (κ1) is 18.6. The van der Waals surface area contributed by atoms with Crippen LogP contribution in [-0.4, -0.2) is 33.5 Å². The number of oxazole rings is 1. The number of rotatable bonds is 5. The number of hydrogen-bond acceptors (Lipinski definition) is 6. The van der Waals surface area contributed by atoms with E-state index in [1.54, 1.807) is 0 Å². The lowest BCUT2D eigenvalue weighted by Crippen LogP contribution is -2.39. The average Bonchev–Trinajstić information content (AvgIpc) is 3.48. The number of likely N-dealkylation sites (tertiary alicyclic amines) is 1. The van der Waals surface area contributed by atoms with Crippen molar-refractivity contribution in [1.82, 2.24) is 15.0 Å². The Hall–Kier alpha value is -3.45. The fourth-order valence-corrected chi connectivity index (χ4v) is 3.92. The van der Waals surface area contributed by atoms with Gasteiger partial charge in [-0.15, -0.1) is 0 Å². The second kappa shape index (κ2) is 7.76. The number of nitrogens with one attached hydrogen (secondary N) is 1. The number of carbonyl (C=O) groups excluding carboxylic acids is 1. The first-order chi connectivity index (χ1) is 14.7. The number of carbonyl (C=O) groups is 1. The van der Waals surface area contributed by atoms with E-state index in [-0.39, 0.29) is 11.9 Å². The van der Waals surface area contributed by atoms with Gasteiger partial charge in [-0.25, -0.2) is 4.98 Å². The Morgan fingerprint density at radius 1 is 1.20 bits per heavy atom. The van der Waals surface area contributed by atoms with Crippen molar-refractivity contribution in [3.05, 3.63) is 66.1 Å². The van der Waals surface area contributed by atoms with Gasteiger partial charge in [0, 0.05) is 17.3 Å². The number of anilines is 1. The van der Waals surface area contributed by atoms with E-state index in [1.165, 1.54) is 0 Å². The molecule has 30 heavy (non-hydrogen) atoms. The molecular weight excluding hydrogens is 380 g/mol. The summed E-state index contributed by atoms with van der Waals surface area (Å²) < 4.78 is 11.1. The summed E-state index contributed by atoms with van der Waals surface area (Å²) in [7, 11) is 0. The van der Waals surface area contributed by atoms with Gasteiger partial charge in [0.05, 0.1) is 18.3 Å². The van der Waals surface area contributed by atoms with E-state index in [1.807, 2.05) is 61.5 Å². The number of aromatic nitrogens is 2. The molecule has 2 aromatic heterocycles. The van der Waals surface area contributed by atoms with Crippen LogP contribution in [0.3, 0.4) is 0 Å². The number of fused-ring (bicyclic) bond motifs is 1. The van der Waals surface area contributed by atoms with Crippen LogP contribution in [0.1, 0.15) is 24.3 Å². The van der Waals surface area contributed by atoms with E-state index < -0.39 is 0 Å². The van der Waals surface area contributed by atoms with Crippen molar-refractivity contribution < 1.29 is 13.7 Å². The van der Waals surface area contributed by atoms with Gasteiger partial charge in [0.2, 0.25) is 11.8 Å². The molecule has 5 rings (SSSR count). The molecule has 0 unspecified atom stereocenters. The molecule has 0 saturated carbocycles. The maximum atomic E-state index is 12.9. The van der Waals surface area contributed by atoms with Crippen LogP contribution >= 0.6 is 0 Å². The summed E-state index contributed by atoms with van der Waals surface area (Å²) in [6, 6.07) is 17.0. The van der Waals surface area contributed by atoms with Crippen LogP contribution < -0.4 is 5.32 Å². The van der Waals surface area contributed by atoms with Crippen molar-refractivity contribution in [3.8, 4) is 11.5 Å². The van der Waals surface area contributed by atoms with E-state index in [0.29, 0.717) is 12.4 Å². The van der Waals surface area contributed by atoms with Gasteiger partial charge in [-0.3, -0.25) is 9.69 Å². The van der Waals surface area contributed by atoms with Gasteiger partial charge in [-0.2, -0.15) is 0 Å². The number of aryl methyl sites for hydroxylation is 1. The van der Waals surface area contributed by atoms with Crippen molar-refractivity contribution in [2.75, 3.05) is 11.9 Å². The molecule has 3 heterocycles. The molecule has 0 spiro atoms.